The first-order valence-electron chi connectivity index (χ1n) is 3.88. The van der Waals surface area contributed by atoms with E-state index in [4.69, 9.17) is 4.74 Å². The summed E-state index contributed by atoms with van der Waals surface area (Å²) < 4.78 is 5.12. The molecule has 0 aromatic carbocycles. The summed E-state index contributed by atoms with van der Waals surface area (Å²) >= 11 is 0. The molecule has 0 saturated carbocycles. The third kappa shape index (κ3) is 1.94. The summed E-state index contributed by atoms with van der Waals surface area (Å²) in [5, 5.41) is 3.28. The Morgan fingerprint density at radius 1 is 1.60 bits per heavy atom. The molecule has 0 radical (unpaired) electrons. The predicted molar refractivity (Wildman–Crippen MR) is 39.0 cm³/mol. The Bertz CT molecular complexity index is 107. The van der Waals surface area contributed by atoms with Crippen LogP contribution in [0, 0.1) is 0 Å². The van der Waals surface area contributed by atoms with Gasteiger partial charge in [0.25, 0.3) is 0 Å². The van der Waals surface area contributed by atoms with Crippen LogP contribution in [0.2, 0.25) is 0 Å². The van der Waals surface area contributed by atoms with Crippen molar-refractivity contribution in [1.82, 2.24) is 10.2 Å². The maximum Gasteiger partial charge on any atom is 0.0936 e. The molecule has 0 amide bonds. The summed E-state index contributed by atoms with van der Waals surface area (Å²) in [6.45, 7) is 4.47. The van der Waals surface area contributed by atoms with Crippen LogP contribution in [0.1, 0.15) is 0 Å². The highest BCUT2D eigenvalue weighted by molar-refractivity contribution is 4.86. The number of hydrogen-bond donors (Lipinski definition) is 1. The van der Waals surface area contributed by atoms with Crippen molar-refractivity contribution in [3.63, 3.8) is 0 Å². The SMILES string of the molecule is CN(CC1CN1)CC1CO1. The number of epoxide rings is 1. The van der Waals surface area contributed by atoms with Crippen LogP contribution in [-0.4, -0.2) is 50.3 Å². The van der Waals surface area contributed by atoms with Gasteiger partial charge in [0.15, 0.2) is 0 Å². The summed E-state index contributed by atoms with van der Waals surface area (Å²) in [7, 11) is 2.15. The average molecular weight is 142 g/mol. The zero-order chi connectivity index (χ0) is 6.97. The van der Waals surface area contributed by atoms with E-state index in [1.807, 2.05) is 0 Å². The normalized spacial score (nSPS) is 36.6. The molecule has 0 aromatic heterocycles. The Morgan fingerprint density at radius 2 is 2.30 bits per heavy atom. The molecule has 2 heterocycles. The Morgan fingerprint density at radius 3 is 2.80 bits per heavy atom. The molecule has 58 valence electrons. The molecular weight excluding hydrogens is 128 g/mol. The monoisotopic (exact) mass is 142 g/mol. The lowest BCUT2D eigenvalue weighted by molar-refractivity contribution is 0.286. The Hall–Kier alpha value is -0.120. The first kappa shape index (κ1) is 6.58. The molecule has 1 N–H and O–H groups in total. The minimum atomic E-state index is 0.545. The highest BCUT2D eigenvalue weighted by Crippen LogP contribution is 2.10. The van der Waals surface area contributed by atoms with Crippen molar-refractivity contribution in [3.05, 3.63) is 0 Å². The molecule has 2 aliphatic heterocycles. The van der Waals surface area contributed by atoms with Crippen LogP contribution in [0.5, 0.6) is 0 Å². The van der Waals surface area contributed by atoms with Gasteiger partial charge in [0.2, 0.25) is 0 Å². The van der Waals surface area contributed by atoms with Crippen LogP contribution >= 0.6 is 0 Å². The highest BCUT2D eigenvalue weighted by Gasteiger charge is 2.27. The average Bonchev–Trinajstić information content (AvgIpc) is 2.59. The molecule has 0 bridgehead atoms. The van der Waals surface area contributed by atoms with E-state index in [-0.39, 0.29) is 0 Å². The number of nitrogens with zero attached hydrogens (tertiary/aromatic N) is 1. The van der Waals surface area contributed by atoms with Crippen molar-refractivity contribution in [3.8, 4) is 0 Å². The lowest BCUT2D eigenvalue weighted by Gasteiger charge is -2.12. The van der Waals surface area contributed by atoms with Gasteiger partial charge in [0.05, 0.1) is 12.7 Å². The lowest BCUT2D eigenvalue weighted by atomic mass is 10.4. The molecule has 2 aliphatic rings. The van der Waals surface area contributed by atoms with Crippen molar-refractivity contribution in [2.24, 2.45) is 0 Å². The van der Waals surface area contributed by atoms with Gasteiger partial charge in [-0.25, -0.2) is 0 Å². The van der Waals surface area contributed by atoms with E-state index in [0.29, 0.717) is 6.10 Å². The maximum absolute atomic E-state index is 5.12. The van der Waals surface area contributed by atoms with Gasteiger partial charge in [0.1, 0.15) is 0 Å². The zero-order valence-electron chi connectivity index (χ0n) is 6.34. The number of nitrogens with one attached hydrogen (secondary N) is 1. The van der Waals surface area contributed by atoms with E-state index >= 15 is 0 Å². The van der Waals surface area contributed by atoms with Gasteiger partial charge in [-0.15, -0.1) is 0 Å². The molecule has 10 heavy (non-hydrogen) atoms. The first-order valence-corrected chi connectivity index (χ1v) is 3.88. The molecule has 2 saturated heterocycles. The summed E-state index contributed by atoms with van der Waals surface area (Å²) in [5.74, 6) is 0. The Labute approximate surface area is 61.3 Å². The van der Waals surface area contributed by atoms with E-state index in [0.717, 1.165) is 19.2 Å². The van der Waals surface area contributed by atoms with E-state index in [1.165, 1.54) is 13.1 Å². The molecule has 0 spiro atoms. The zero-order valence-corrected chi connectivity index (χ0v) is 6.34. The number of ether oxygens (including phenoxy) is 1. The van der Waals surface area contributed by atoms with Gasteiger partial charge in [-0.2, -0.15) is 0 Å². The summed E-state index contributed by atoms with van der Waals surface area (Å²) in [5.41, 5.74) is 0. The minimum Gasteiger partial charge on any atom is -0.372 e. The molecule has 2 unspecified atom stereocenters. The van der Waals surface area contributed by atoms with Crippen molar-refractivity contribution >= 4 is 0 Å². The second kappa shape index (κ2) is 2.49. The van der Waals surface area contributed by atoms with E-state index in [2.05, 4.69) is 17.3 Å². The summed E-state index contributed by atoms with van der Waals surface area (Å²) in [6.07, 6.45) is 0.545. The first-order chi connectivity index (χ1) is 4.84. The molecule has 2 atom stereocenters. The molecule has 3 nitrogen and oxygen atoms in total. The topological polar surface area (TPSA) is 37.7 Å². The van der Waals surface area contributed by atoms with Crippen molar-refractivity contribution in [2.45, 2.75) is 12.1 Å². The standard InChI is InChI=1S/C7H14N2O/c1-9(3-6-2-8-6)4-7-5-10-7/h6-8H,2-5H2,1H3. The van der Waals surface area contributed by atoms with Crippen LogP contribution < -0.4 is 5.32 Å². The van der Waals surface area contributed by atoms with Gasteiger partial charge in [-0.05, 0) is 7.05 Å². The molecule has 0 aliphatic carbocycles. The Kier molecular flexibility index (Phi) is 1.64. The fraction of sp³-hybridized carbons (Fsp3) is 1.00. The molecule has 3 heteroatoms. The van der Waals surface area contributed by atoms with Crippen molar-refractivity contribution < 1.29 is 4.74 Å². The third-order valence-electron chi connectivity index (χ3n) is 1.94. The predicted octanol–water partition coefficient (Wildman–Crippen LogP) is -0.711. The van der Waals surface area contributed by atoms with Gasteiger partial charge >= 0.3 is 0 Å². The van der Waals surface area contributed by atoms with E-state index < -0.39 is 0 Å². The molecule has 2 rings (SSSR count). The third-order valence-corrected chi connectivity index (χ3v) is 1.94. The largest absolute Gasteiger partial charge is 0.372 e. The summed E-state index contributed by atoms with van der Waals surface area (Å²) in [4.78, 5) is 2.34. The Balaban J connectivity index is 1.60. The quantitative estimate of drug-likeness (QED) is 0.527. The van der Waals surface area contributed by atoms with E-state index in [9.17, 15) is 0 Å². The number of hydrogen-bond acceptors (Lipinski definition) is 3. The van der Waals surface area contributed by atoms with Gasteiger partial charge in [-0.1, -0.05) is 0 Å². The molecular formula is C7H14N2O. The van der Waals surface area contributed by atoms with E-state index in [1.54, 1.807) is 0 Å². The molecule has 2 fully saturated rings. The minimum absolute atomic E-state index is 0.545. The van der Waals surface area contributed by atoms with Crippen LogP contribution in [0.4, 0.5) is 0 Å². The van der Waals surface area contributed by atoms with Gasteiger partial charge < -0.3 is 15.0 Å². The fourth-order valence-electron chi connectivity index (χ4n) is 1.18. The number of rotatable bonds is 4. The van der Waals surface area contributed by atoms with Crippen molar-refractivity contribution in [2.75, 3.05) is 33.3 Å². The number of likely N-dealkylation sites (N-methyl/N-ethyl adjacent to an activating group) is 1. The highest BCUT2D eigenvalue weighted by atomic mass is 16.6. The lowest BCUT2D eigenvalue weighted by Crippen LogP contribution is -2.28. The van der Waals surface area contributed by atoms with Crippen molar-refractivity contribution in [1.29, 1.82) is 0 Å². The van der Waals surface area contributed by atoms with Gasteiger partial charge in [-0.3, -0.25) is 0 Å². The van der Waals surface area contributed by atoms with Crippen LogP contribution in [0.3, 0.4) is 0 Å². The van der Waals surface area contributed by atoms with Crippen LogP contribution in [0.15, 0.2) is 0 Å². The second-order valence-corrected chi connectivity index (χ2v) is 3.28. The van der Waals surface area contributed by atoms with Gasteiger partial charge in [0, 0.05) is 25.7 Å². The maximum atomic E-state index is 5.12. The van der Waals surface area contributed by atoms with Crippen LogP contribution in [-0.2, 0) is 4.74 Å². The second-order valence-electron chi connectivity index (χ2n) is 3.28. The summed E-state index contributed by atoms with van der Waals surface area (Å²) in [6, 6.07) is 0.767. The smallest absolute Gasteiger partial charge is 0.0936 e. The van der Waals surface area contributed by atoms with Crippen LogP contribution in [0.25, 0.3) is 0 Å². The molecule has 0 aromatic rings. The fourth-order valence-corrected chi connectivity index (χ4v) is 1.18.